The zero-order chi connectivity index (χ0) is 16.2. The standard InChI is InChI=1S/C16H23N3O3/c1-11-4-6-12(7-5-11)16(8-2-3-9-16)15(21)18-13(10-17)14(20)19-22/h4-7,13,22H,2-3,8-10,17H2,1H3,(H,18,21)(H,19,20). The third-order valence-corrected chi connectivity index (χ3v) is 4.46. The molecule has 0 radical (unpaired) electrons. The van der Waals surface area contributed by atoms with Crippen molar-refractivity contribution in [1.82, 2.24) is 10.8 Å². The van der Waals surface area contributed by atoms with E-state index < -0.39 is 17.4 Å². The Hall–Kier alpha value is -1.92. The number of nitrogens with two attached hydrogens (primary N) is 1. The molecular formula is C16H23N3O3. The summed E-state index contributed by atoms with van der Waals surface area (Å²) >= 11 is 0. The van der Waals surface area contributed by atoms with Gasteiger partial charge in [0.2, 0.25) is 5.91 Å². The number of hydrogen-bond donors (Lipinski definition) is 4. The molecule has 6 nitrogen and oxygen atoms in total. The Morgan fingerprint density at radius 2 is 1.86 bits per heavy atom. The molecule has 5 N–H and O–H groups in total. The second-order valence-electron chi connectivity index (χ2n) is 5.89. The number of hydrogen-bond acceptors (Lipinski definition) is 4. The van der Waals surface area contributed by atoms with Crippen molar-refractivity contribution in [1.29, 1.82) is 0 Å². The van der Waals surface area contributed by atoms with Gasteiger partial charge >= 0.3 is 0 Å². The average Bonchev–Trinajstić information content (AvgIpc) is 3.03. The van der Waals surface area contributed by atoms with Gasteiger partial charge in [0.05, 0.1) is 5.41 Å². The van der Waals surface area contributed by atoms with Crippen LogP contribution in [0, 0.1) is 6.92 Å². The maximum Gasteiger partial charge on any atom is 0.267 e. The molecule has 0 spiro atoms. The van der Waals surface area contributed by atoms with Crippen LogP contribution in [0.1, 0.15) is 36.8 Å². The summed E-state index contributed by atoms with van der Waals surface area (Å²) in [7, 11) is 0. The molecule has 0 aliphatic heterocycles. The third-order valence-electron chi connectivity index (χ3n) is 4.46. The van der Waals surface area contributed by atoms with Crippen molar-refractivity contribution in [3.05, 3.63) is 35.4 Å². The van der Waals surface area contributed by atoms with Crippen LogP contribution in [-0.2, 0) is 15.0 Å². The summed E-state index contributed by atoms with van der Waals surface area (Å²) in [6.07, 6.45) is 3.45. The molecule has 2 amide bonds. The van der Waals surface area contributed by atoms with E-state index in [-0.39, 0.29) is 12.5 Å². The summed E-state index contributed by atoms with van der Waals surface area (Å²) in [6.45, 7) is 1.93. The Kier molecular flexibility index (Phi) is 5.15. The largest absolute Gasteiger partial charge is 0.342 e. The van der Waals surface area contributed by atoms with Crippen molar-refractivity contribution in [3.8, 4) is 0 Å². The monoisotopic (exact) mass is 305 g/mol. The van der Waals surface area contributed by atoms with Crippen molar-refractivity contribution in [2.45, 2.75) is 44.1 Å². The minimum atomic E-state index is -0.930. The number of rotatable bonds is 5. The Balaban J connectivity index is 2.25. The van der Waals surface area contributed by atoms with E-state index >= 15 is 0 Å². The molecule has 22 heavy (non-hydrogen) atoms. The molecule has 1 aliphatic rings. The van der Waals surface area contributed by atoms with E-state index in [2.05, 4.69) is 5.32 Å². The molecule has 1 aliphatic carbocycles. The number of nitrogens with one attached hydrogen (secondary N) is 2. The van der Waals surface area contributed by atoms with Gasteiger partial charge in [-0.05, 0) is 25.3 Å². The first-order chi connectivity index (χ1) is 10.5. The fraction of sp³-hybridized carbons (Fsp3) is 0.500. The lowest BCUT2D eigenvalue weighted by Gasteiger charge is -2.30. The molecule has 1 fully saturated rings. The van der Waals surface area contributed by atoms with Crippen LogP contribution < -0.4 is 16.5 Å². The van der Waals surface area contributed by atoms with Gasteiger partial charge < -0.3 is 11.1 Å². The van der Waals surface area contributed by atoms with Gasteiger partial charge in [0, 0.05) is 6.54 Å². The Morgan fingerprint density at radius 1 is 1.27 bits per heavy atom. The molecule has 0 aromatic heterocycles. The average molecular weight is 305 g/mol. The lowest BCUT2D eigenvalue weighted by atomic mass is 9.77. The Bertz CT molecular complexity index is 536. The number of carbonyl (C=O) groups is 2. The van der Waals surface area contributed by atoms with Crippen LogP contribution in [0.25, 0.3) is 0 Å². The van der Waals surface area contributed by atoms with E-state index in [1.54, 1.807) is 0 Å². The molecule has 1 saturated carbocycles. The predicted octanol–water partition coefficient (Wildman–Crippen LogP) is 0.756. The number of amides is 2. The van der Waals surface area contributed by atoms with Crippen LogP contribution in [0.5, 0.6) is 0 Å². The summed E-state index contributed by atoms with van der Waals surface area (Å²) in [5.41, 5.74) is 8.54. The van der Waals surface area contributed by atoms with Gasteiger partial charge in [-0.3, -0.25) is 14.8 Å². The maximum absolute atomic E-state index is 12.8. The number of aryl methyl sites for hydroxylation is 1. The maximum atomic E-state index is 12.8. The zero-order valence-corrected chi connectivity index (χ0v) is 12.8. The summed E-state index contributed by atoms with van der Waals surface area (Å²) in [5.74, 6) is -0.902. The summed E-state index contributed by atoms with van der Waals surface area (Å²) in [5, 5.41) is 11.4. The Morgan fingerprint density at radius 3 is 2.36 bits per heavy atom. The van der Waals surface area contributed by atoms with Crippen LogP contribution >= 0.6 is 0 Å². The second kappa shape index (κ2) is 6.89. The molecule has 6 heteroatoms. The topological polar surface area (TPSA) is 104 Å². The van der Waals surface area contributed by atoms with Gasteiger partial charge in [-0.25, -0.2) is 5.48 Å². The van der Waals surface area contributed by atoms with E-state index in [0.29, 0.717) is 0 Å². The van der Waals surface area contributed by atoms with Crippen LogP contribution in [0.3, 0.4) is 0 Å². The summed E-state index contributed by atoms with van der Waals surface area (Å²) in [4.78, 5) is 24.3. The van der Waals surface area contributed by atoms with Crippen LogP contribution in [0.15, 0.2) is 24.3 Å². The third kappa shape index (κ3) is 3.13. The van der Waals surface area contributed by atoms with Crippen molar-refractivity contribution in [2.75, 3.05) is 6.54 Å². The molecule has 1 unspecified atom stereocenters. The lowest BCUT2D eigenvalue weighted by Crippen LogP contribution is -2.54. The predicted molar refractivity (Wildman–Crippen MR) is 82.2 cm³/mol. The summed E-state index contributed by atoms with van der Waals surface area (Å²) in [6, 6.07) is 7.00. The minimum Gasteiger partial charge on any atom is -0.342 e. The molecule has 120 valence electrons. The first-order valence-electron chi connectivity index (χ1n) is 7.55. The van der Waals surface area contributed by atoms with E-state index in [0.717, 1.165) is 36.8 Å². The molecule has 1 atom stereocenters. The van der Waals surface area contributed by atoms with Crippen molar-refractivity contribution in [3.63, 3.8) is 0 Å². The van der Waals surface area contributed by atoms with Crippen molar-refractivity contribution in [2.24, 2.45) is 5.73 Å². The molecule has 0 heterocycles. The number of carbonyl (C=O) groups excluding carboxylic acids is 2. The summed E-state index contributed by atoms with van der Waals surface area (Å²) < 4.78 is 0. The van der Waals surface area contributed by atoms with E-state index in [9.17, 15) is 9.59 Å². The van der Waals surface area contributed by atoms with Crippen molar-refractivity contribution >= 4 is 11.8 Å². The van der Waals surface area contributed by atoms with E-state index in [4.69, 9.17) is 10.9 Å². The highest BCUT2D eigenvalue weighted by atomic mass is 16.5. The molecule has 0 saturated heterocycles. The van der Waals surface area contributed by atoms with Crippen molar-refractivity contribution < 1.29 is 14.8 Å². The quantitative estimate of drug-likeness (QED) is 0.476. The molecule has 0 bridgehead atoms. The number of benzene rings is 1. The minimum absolute atomic E-state index is 0.0674. The molecule has 1 aromatic carbocycles. The van der Waals surface area contributed by atoms with Gasteiger partial charge in [-0.15, -0.1) is 0 Å². The highest BCUT2D eigenvalue weighted by Crippen LogP contribution is 2.41. The first-order valence-corrected chi connectivity index (χ1v) is 7.55. The smallest absolute Gasteiger partial charge is 0.267 e. The van der Waals surface area contributed by atoms with Crippen LogP contribution in [0.4, 0.5) is 0 Å². The Labute approximate surface area is 130 Å². The number of hydroxylamine groups is 1. The fourth-order valence-corrected chi connectivity index (χ4v) is 3.10. The van der Waals surface area contributed by atoms with Gasteiger partial charge in [0.15, 0.2) is 0 Å². The molecule has 1 aromatic rings. The van der Waals surface area contributed by atoms with Gasteiger partial charge in [-0.2, -0.15) is 0 Å². The molecule has 2 rings (SSSR count). The normalized spacial score (nSPS) is 17.8. The fourth-order valence-electron chi connectivity index (χ4n) is 3.10. The van der Waals surface area contributed by atoms with Gasteiger partial charge in [0.25, 0.3) is 5.91 Å². The van der Waals surface area contributed by atoms with Gasteiger partial charge in [0.1, 0.15) is 6.04 Å². The lowest BCUT2D eigenvalue weighted by molar-refractivity contribution is -0.136. The highest BCUT2D eigenvalue weighted by Gasteiger charge is 2.43. The second-order valence-corrected chi connectivity index (χ2v) is 5.89. The van der Waals surface area contributed by atoms with Crippen LogP contribution in [0.2, 0.25) is 0 Å². The van der Waals surface area contributed by atoms with E-state index in [1.807, 2.05) is 31.2 Å². The molecular weight excluding hydrogens is 282 g/mol. The van der Waals surface area contributed by atoms with Crippen LogP contribution in [-0.4, -0.2) is 29.6 Å². The highest BCUT2D eigenvalue weighted by molar-refractivity contribution is 5.93. The SMILES string of the molecule is Cc1ccc(C2(C(=O)NC(CN)C(=O)NO)CCCC2)cc1. The van der Waals surface area contributed by atoms with E-state index in [1.165, 1.54) is 5.48 Å². The van der Waals surface area contributed by atoms with Gasteiger partial charge in [-0.1, -0.05) is 42.7 Å². The zero-order valence-electron chi connectivity index (χ0n) is 12.8. The first kappa shape index (κ1) is 16.5.